The summed E-state index contributed by atoms with van der Waals surface area (Å²) in [5, 5.41) is 0. The molecule has 3 heteroatoms. The molecule has 1 aliphatic carbocycles. The highest BCUT2D eigenvalue weighted by molar-refractivity contribution is 5.47. The van der Waals surface area contributed by atoms with Crippen LogP contribution in [0.4, 0.5) is 5.69 Å². The van der Waals surface area contributed by atoms with Gasteiger partial charge in [-0.05, 0) is 50.2 Å². The van der Waals surface area contributed by atoms with Gasteiger partial charge in [-0.1, -0.05) is 13.3 Å². The van der Waals surface area contributed by atoms with Crippen LogP contribution in [-0.2, 0) is 0 Å². The van der Waals surface area contributed by atoms with E-state index in [1.165, 1.54) is 44.3 Å². The lowest BCUT2D eigenvalue weighted by atomic mass is 9.91. The van der Waals surface area contributed by atoms with Crippen molar-refractivity contribution < 1.29 is 0 Å². The highest BCUT2D eigenvalue weighted by Gasteiger charge is 2.35. The van der Waals surface area contributed by atoms with Crippen LogP contribution in [0.5, 0.6) is 0 Å². The van der Waals surface area contributed by atoms with Gasteiger partial charge in [0.1, 0.15) is 0 Å². The topological polar surface area (TPSA) is 42.1 Å². The molecule has 1 saturated carbocycles. The van der Waals surface area contributed by atoms with E-state index in [4.69, 9.17) is 5.73 Å². The molecule has 0 spiro atoms. The molecule has 1 saturated heterocycles. The van der Waals surface area contributed by atoms with Gasteiger partial charge < -0.3 is 10.6 Å². The third kappa shape index (κ3) is 2.48. The smallest absolute Gasteiger partial charge is 0.0572 e. The number of nitrogens with zero attached hydrogens (tertiary/aromatic N) is 2. The number of fused-ring (bicyclic) bond motifs is 1. The second-order valence-corrected chi connectivity index (χ2v) is 6.05. The van der Waals surface area contributed by atoms with Crippen molar-refractivity contribution in [2.45, 2.75) is 57.5 Å². The Hall–Kier alpha value is -1.09. The van der Waals surface area contributed by atoms with E-state index in [0.717, 1.165) is 24.1 Å². The fourth-order valence-corrected chi connectivity index (χ4v) is 3.77. The molecule has 19 heavy (non-hydrogen) atoms. The van der Waals surface area contributed by atoms with Crippen molar-refractivity contribution in [3.05, 3.63) is 24.0 Å². The summed E-state index contributed by atoms with van der Waals surface area (Å²) < 4.78 is 0. The molecule has 1 aromatic heterocycles. The van der Waals surface area contributed by atoms with Crippen LogP contribution in [0.3, 0.4) is 0 Å². The summed E-state index contributed by atoms with van der Waals surface area (Å²) in [6.45, 7) is 3.30. The number of hydrogen-bond donors (Lipinski definition) is 1. The molecule has 1 aliphatic heterocycles. The summed E-state index contributed by atoms with van der Waals surface area (Å²) in [6, 6.07) is 5.18. The summed E-state index contributed by atoms with van der Waals surface area (Å²) in [7, 11) is 0. The minimum absolute atomic E-state index is 0.0784. The van der Waals surface area contributed by atoms with Crippen molar-refractivity contribution in [1.29, 1.82) is 0 Å². The Morgan fingerprint density at radius 2 is 2.16 bits per heavy atom. The Kier molecular flexibility index (Phi) is 3.74. The van der Waals surface area contributed by atoms with Crippen LogP contribution >= 0.6 is 0 Å². The Morgan fingerprint density at radius 3 is 2.89 bits per heavy atom. The summed E-state index contributed by atoms with van der Waals surface area (Å²) in [5.74, 6) is 0.923. The van der Waals surface area contributed by atoms with Crippen molar-refractivity contribution in [2.75, 3.05) is 11.4 Å². The summed E-state index contributed by atoms with van der Waals surface area (Å²) in [6.07, 6.45) is 9.92. The van der Waals surface area contributed by atoms with Gasteiger partial charge in [-0.15, -0.1) is 0 Å². The Labute approximate surface area is 116 Å². The van der Waals surface area contributed by atoms with Crippen molar-refractivity contribution in [3.8, 4) is 0 Å². The lowest BCUT2D eigenvalue weighted by Gasteiger charge is -2.39. The second-order valence-electron chi connectivity index (χ2n) is 6.05. The molecule has 0 amide bonds. The van der Waals surface area contributed by atoms with Gasteiger partial charge in [0.25, 0.3) is 0 Å². The predicted molar refractivity (Wildman–Crippen MR) is 79.2 cm³/mol. The minimum Gasteiger partial charge on any atom is -0.367 e. The minimum atomic E-state index is 0.0784. The van der Waals surface area contributed by atoms with Crippen LogP contribution in [0.15, 0.2) is 18.3 Å². The van der Waals surface area contributed by atoms with E-state index in [1.54, 1.807) is 0 Å². The monoisotopic (exact) mass is 259 g/mol. The molecule has 1 aromatic rings. The Bertz CT molecular complexity index is 415. The number of pyridine rings is 1. The summed E-state index contributed by atoms with van der Waals surface area (Å²) in [5.41, 5.74) is 8.35. The van der Waals surface area contributed by atoms with Crippen molar-refractivity contribution in [1.82, 2.24) is 4.98 Å². The van der Waals surface area contributed by atoms with Gasteiger partial charge in [0.15, 0.2) is 0 Å². The maximum atomic E-state index is 6.03. The van der Waals surface area contributed by atoms with E-state index < -0.39 is 0 Å². The number of aromatic nitrogens is 1. The maximum Gasteiger partial charge on any atom is 0.0572 e. The van der Waals surface area contributed by atoms with Crippen LogP contribution < -0.4 is 10.6 Å². The van der Waals surface area contributed by atoms with Crippen molar-refractivity contribution >= 4 is 5.69 Å². The van der Waals surface area contributed by atoms with E-state index in [1.807, 2.05) is 6.20 Å². The first-order valence-electron chi connectivity index (χ1n) is 7.77. The van der Waals surface area contributed by atoms with Gasteiger partial charge in [-0.3, -0.25) is 4.98 Å². The van der Waals surface area contributed by atoms with E-state index in [2.05, 4.69) is 28.9 Å². The Balaban J connectivity index is 1.77. The van der Waals surface area contributed by atoms with Gasteiger partial charge in [-0.2, -0.15) is 0 Å². The lowest BCUT2D eigenvalue weighted by Crippen LogP contribution is -2.42. The molecule has 3 rings (SSSR count). The zero-order valence-electron chi connectivity index (χ0n) is 11.9. The molecule has 3 nitrogen and oxygen atoms in total. The number of rotatable bonds is 3. The molecular formula is C16H25N3. The second kappa shape index (κ2) is 5.49. The molecule has 0 radical (unpaired) electrons. The number of hydrogen-bond acceptors (Lipinski definition) is 3. The highest BCUT2D eigenvalue weighted by atomic mass is 15.2. The van der Waals surface area contributed by atoms with Crippen LogP contribution in [-0.4, -0.2) is 17.6 Å². The molecule has 3 atom stereocenters. The highest BCUT2D eigenvalue weighted by Crippen LogP contribution is 2.38. The van der Waals surface area contributed by atoms with E-state index in [-0.39, 0.29) is 6.04 Å². The zero-order valence-corrected chi connectivity index (χ0v) is 11.9. The molecule has 0 bridgehead atoms. The Morgan fingerprint density at radius 1 is 1.32 bits per heavy atom. The first-order valence-corrected chi connectivity index (χ1v) is 7.77. The molecule has 2 aliphatic rings. The largest absolute Gasteiger partial charge is 0.367 e. The summed E-state index contributed by atoms with van der Waals surface area (Å²) in [4.78, 5) is 7.16. The van der Waals surface area contributed by atoms with Crippen molar-refractivity contribution in [2.24, 2.45) is 11.7 Å². The molecular weight excluding hydrogens is 234 g/mol. The molecule has 0 aromatic carbocycles. The third-order valence-corrected chi connectivity index (χ3v) is 4.92. The zero-order chi connectivity index (χ0) is 13.2. The van der Waals surface area contributed by atoms with Gasteiger partial charge in [-0.25, -0.2) is 0 Å². The van der Waals surface area contributed by atoms with Crippen LogP contribution in [0.1, 0.15) is 57.2 Å². The van der Waals surface area contributed by atoms with Crippen LogP contribution in [0.2, 0.25) is 0 Å². The normalized spacial score (nSPS) is 28.2. The fraction of sp³-hybridized carbons (Fsp3) is 0.688. The molecule has 2 heterocycles. The molecule has 2 unspecified atom stereocenters. The third-order valence-electron chi connectivity index (χ3n) is 4.92. The van der Waals surface area contributed by atoms with E-state index >= 15 is 0 Å². The fourth-order valence-electron chi connectivity index (χ4n) is 3.77. The van der Waals surface area contributed by atoms with Gasteiger partial charge in [0, 0.05) is 18.6 Å². The van der Waals surface area contributed by atoms with Crippen LogP contribution in [0.25, 0.3) is 0 Å². The average molecular weight is 259 g/mol. The molecule has 104 valence electrons. The first kappa shape index (κ1) is 12.9. The number of piperidine rings is 1. The van der Waals surface area contributed by atoms with Gasteiger partial charge >= 0.3 is 0 Å². The van der Waals surface area contributed by atoms with Gasteiger partial charge in [0.2, 0.25) is 0 Å². The molecule has 2 N–H and O–H groups in total. The maximum absolute atomic E-state index is 6.03. The lowest BCUT2D eigenvalue weighted by molar-refractivity contribution is 0.362. The predicted octanol–water partition coefficient (Wildman–Crippen LogP) is 3.26. The average Bonchev–Trinajstić information content (AvgIpc) is 2.95. The van der Waals surface area contributed by atoms with Gasteiger partial charge in [0.05, 0.1) is 17.6 Å². The van der Waals surface area contributed by atoms with Crippen molar-refractivity contribution in [3.63, 3.8) is 0 Å². The quantitative estimate of drug-likeness (QED) is 0.906. The first-order chi connectivity index (χ1) is 9.29. The molecule has 2 fully saturated rings. The SMILES string of the molecule is CC[C@@H](N)c1ccc(N2CCCC3CCCC32)cn1. The van der Waals surface area contributed by atoms with E-state index in [0.29, 0.717) is 0 Å². The standard InChI is InChI=1S/C16H25N3/c1-2-14(17)15-9-8-13(11-18-15)19-10-4-6-12-5-3-7-16(12)19/h8-9,11-12,14,16H,2-7,10,17H2,1H3/t12?,14-,16?/m1/s1. The van der Waals surface area contributed by atoms with Crippen LogP contribution in [0, 0.1) is 5.92 Å². The number of nitrogens with two attached hydrogens (primary N) is 1. The number of anilines is 1. The summed E-state index contributed by atoms with van der Waals surface area (Å²) >= 11 is 0. The van der Waals surface area contributed by atoms with E-state index in [9.17, 15) is 0 Å².